The van der Waals surface area contributed by atoms with Crippen LogP contribution in [0.2, 0.25) is 0 Å². The number of nitrogens with zero attached hydrogens (tertiary/aromatic N) is 1. The van der Waals surface area contributed by atoms with Gasteiger partial charge in [-0.15, -0.1) is 0 Å². The van der Waals surface area contributed by atoms with E-state index < -0.39 is 0 Å². The van der Waals surface area contributed by atoms with E-state index in [4.69, 9.17) is 10.5 Å². The highest BCUT2D eigenvalue weighted by molar-refractivity contribution is 5.40. The normalized spacial score (nSPS) is 10.3. The summed E-state index contributed by atoms with van der Waals surface area (Å²) in [5.41, 5.74) is 8.67. The van der Waals surface area contributed by atoms with Gasteiger partial charge in [-0.05, 0) is 43.2 Å². The van der Waals surface area contributed by atoms with Crippen molar-refractivity contribution in [2.75, 3.05) is 0 Å². The Morgan fingerprint density at radius 2 is 2.00 bits per heavy atom. The van der Waals surface area contributed by atoms with Gasteiger partial charge < -0.3 is 10.5 Å². The lowest BCUT2D eigenvalue weighted by atomic mass is 10.1. The minimum Gasteiger partial charge on any atom is -0.455 e. The van der Waals surface area contributed by atoms with Crippen LogP contribution in [-0.2, 0) is 6.54 Å². The average Bonchev–Trinajstić information content (AvgIpc) is 2.34. The average molecular weight is 228 g/mol. The van der Waals surface area contributed by atoms with Crippen molar-refractivity contribution in [1.29, 1.82) is 0 Å². The first-order valence-corrected chi connectivity index (χ1v) is 5.60. The molecule has 1 heterocycles. The Balaban J connectivity index is 2.28. The van der Waals surface area contributed by atoms with Crippen molar-refractivity contribution in [3.63, 3.8) is 0 Å². The molecule has 0 atom stereocenters. The second kappa shape index (κ2) is 4.97. The lowest BCUT2D eigenvalue weighted by Gasteiger charge is -2.11. The Labute approximate surface area is 101 Å². The molecule has 2 aromatic rings. The van der Waals surface area contributed by atoms with Gasteiger partial charge in [0, 0.05) is 12.7 Å². The lowest BCUT2D eigenvalue weighted by Crippen LogP contribution is -1.97. The summed E-state index contributed by atoms with van der Waals surface area (Å²) >= 11 is 0. The molecule has 3 nitrogen and oxygen atoms in total. The van der Waals surface area contributed by atoms with E-state index in [0.717, 1.165) is 28.3 Å². The van der Waals surface area contributed by atoms with Crippen molar-refractivity contribution >= 4 is 0 Å². The maximum atomic E-state index is 5.84. The van der Waals surface area contributed by atoms with Crippen LogP contribution in [0.5, 0.6) is 11.5 Å². The molecule has 0 aliphatic heterocycles. The third-order valence-electron chi connectivity index (χ3n) is 2.65. The fourth-order valence-electron chi connectivity index (χ4n) is 1.65. The Morgan fingerprint density at radius 3 is 2.65 bits per heavy atom. The van der Waals surface area contributed by atoms with Crippen LogP contribution in [0.25, 0.3) is 0 Å². The molecule has 1 aromatic heterocycles. The summed E-state index contributed by atoms with van der Waals surface area (Å²) in [4.78, 5) is 4.19. The van der Waals surface area contributed by atoms with Crippen LogP contribution in [0, 0.1) is 13.8 Å². The highest BCUT2D eigenvalue weighted by Crippen LogP contribution is 2.26. The van der Waals surface area contributed by atoms with E-state index in [9.17, 15) is 0 Å². The molecule has 3 heteroatoms. The summed E-state index contributed by atoms with van der Waals surface area (Å²) in [5.74, 6) is 1.63. The first-order valence-electron chi connectivity index (χ1n) is 5.60. The summed E-state index contributed by atoms with van der Waals surface area (Å²) in [6.07, 6.45) is 1.76. The first-order chi connectivity index (χ1) is 8.20. The number of hydrogen-bond donors (Lipinski definition) is 1. The lowest BCUT2D eigenvalue weighted by molar-refractivity contribution is 0.472. The second-order valence-corrected chi connectivity index (χ2v) is 3.99. The summed E-state index contributed by atoms with van der Waals surface area (Å²) in [5, 5.41) is 0. The number of hydrogen-bond acceptors (Lipinski definition) is 3. The summed E-state index contributed by atoms with van der Waals surface area (Å²) in [7, 11) is 0. The quantitative estimate of drug-likeness (QED) is 0.878. The van der Waals surface area contributed by atoms with Crippen molar-refractivity contribution in [2.24, 2.45) is 5.73 Å². The molecule has 0 bridgehead atoms. The molecule has 1 aromatic carbocycles. The van der Waals surface area contributed by atoms with Crippen LogP contribution in [0.4, 0.5) is 0 Å². The summed E-state index contributed by atoms with van der Waals surface area (Å²) in [6.45, 7) is 4.49. The van der Waals surface area contributed by atoms with Crippen molar-refractivity contribution < 1.29 is 4.74 Å². The fraction of sp³-hybridized carbons (Fsp3) is 0.214. The Bertz CT molecular complexity index is 523. The molecule has 2 N–H and O–H groups in total. The molecule has 0 aliphatic carbocycles. The van der Waals surface area contributed by atoms with Gasteiger partial charge in [0.25, 0.3) is 0 Å². The largest absolute Gasteiger partial charge is 0.455 e. The van der Waals surface area contributed by atoms with Crippen LogP contribution in [-0.4, -0.2) is 4.98 Å². The molecule has 17 heavy (non-hydrogen) atoms. The van der Waals surface area contributed by atoms with E-state index in [2.05, 4.69) is 4.98 Å². The predicted molar refractivity (Wildman–Crippen MR) is 68.1 cm³/mol. The molecule has 0 unspecified atom stereocenters. The van der Waals surface area contributed by atoms with E-state index in [1.807, 2.05) is 44.2 Å². The van der Waals surface area contributed by atoms with E-state index in [1.165, 1.54) is 0 Å². The van der Waals surface area contributed by atoms with Crippen molar-refractivity contribution in [1.82, 2.24) is 4.98 Å². The Morgan fingerprint density at radius 1 is 1.18 bits per heavy atom. The van der Waals surface area contributed by atoms with E-state index in [-0.39, 0.29) is 0 Å². The topological polar surface area (TPSA) is 48.1 Å². The fourth-order valence-corrected chi connectivity index (χ4v) is 1.65. The Kier molecular flexibility index (Phi) is 3.40. The molecule has 2 rings (SSSR count). The summed E-state index contributed by atoms with van der Waals surface area (Å²) in [6, 6.07) is 9.75. The van der Waals surface area contributed by atoms with Gasteiger partial charge in [-0.1, -0.05) is 12.1 Å². The second-order valence-electron chi connectivity index (χ2n) is 3.99. The zero-order chi connectivity index (χ0) is 12.3. The van der Waals surface area contributed by atoms with Crippen molar-refractivity contribution in [2.45, 2.75) is 20.4 Å². The smallest absolute Gasteiger partial charge is 0.148 e. The molecular weight excluding hydrogens is 212 g/mol. The van der Waals surface area contributed by atoms with Crippen LogP contribution < -0.4 is 10.5 Å². The number of rotatable bonds is 3. The zero-order valence-electron chi connectivity index (χ0n) is 10.1. The number of ether oxygens (including phenoxy) is 1. The maximum absolute atomic E-state index is 5.84. The van der Waals surface area contributed by atoms with Gasteiger partial charge >= 0.3 is 0 Å². The molecule has 0 spiro atoms. The molecule has 0 amide bonds. The maximum Gasteiger partial charge on any atom is 0.148 e. The third kappa shape index (κ3) is 2.63. The van der Waals surface area contributed by atoms with Crippen LogP contribution in [0.15, 0.2) is 36.5 Å². The van der Waals surface area contributed by atoms with Crippen molar-refractivity contribution in [3.05, 3.63) is 53.3 Å². The van der Waals surface area contributed by atoms with Gasteiger partial charge in [0.1, 0.15) is 11.5 Å². The van der Waals surface area contributed by atoms with Crippen LogP contribution in [0.3, 0.4) is 0 Å². The minimum atomic E-state index is 0.549. The van der Waals surface area contributed by atoms with Gasteiger partial charge in [-0.25, -0.2) is 0 Å². The van der Waals surface area contributed by atoms with Gasteiger partial charge in [0.15, 0.2) is 0 Å². The molecule has 0 aliphatic rings. The SMILES string of the molecule is Cc1cc(CN)ccc1Oc1cccnc1C. The molecule has 0 fully saturated rings. The number of aryl methyl sites for hydroxylation is 2. The molecule has 0 saturated carbocycles. The van der Waals surface area contributed by atoms with Crippen molar-refractivity contribution in [3.8, 4) is 11.5 Å². The number of aromatic nitrogens is 1. The van der Waals surface area contributed by atoms with E-state index in [1.54, 1.807) is 6.20 Å². The Hall–Kier alpha value is -1.87. The number of nitrogens with two attached hydrogens (primary N) is 1. The van der Waals surface area contributed by atoms with Gasteiger partial charge in [0.05, 0.1) is 5.69 Å². The first kappa shape index (κ1) is 11.6. The van der Waals surface area contributed by atoms with Gasteiger partial charge in [-0.2, -0.15) is 0 Å². The third-order valence-corrected chi connectivity index (χ3v) is 2.65. The number of pyridine rings is 1. The van der Waals surface area contributed by atoms with Crippen LogP contribution in [0.1, 0.15) is 16.8 Å². The van der Waals surface area contributed by atoms with Gasteiger partial charge in [0.2, 0.25) is 0 Å². The standard InChI is InChI=1S/C14H16N2O/c1-10-8-12(9-15)5-6-13(10)17-14-4-3-7-16-11(14)2/h3-8H,9,15H2,1-2H3. The van der Waals surface area contributed by atoms with Gasteiger partial charge in [-0.3, -0.25) is 4.98 Å². The monoisotopic (exact) mass is 228 g/mol. The minimum absolute atomic E-state index is 0.549. The molecule has 0 radical (unpaired) electrons. The number of benzene rings is 1. The molecule has 88 valence electrons. The molecular formula is C14H16N2O. The van der Waals surface area contributed by atoms with E-state index in [0.29, 0.717) is 6.54 Å². The highest BCUT2D eigenvalue weighted by Gasteiger charge is 2.04. The van der Waals surface area contributed by atoms with E-state index >= 15 is 0 Å². The predicted octanol–water partition coefficient (Wildman–Crippen LogP) is 2.95. The zero-order valence-corrected chi connectivity index (χ0v) is 10.1. The highest BCUT2D eigenvalue weighted by atomic mass is 16.5. The molecule has 0 saturated heterocycles. The summed E-state index contributed by atoms with van der Waals surface area (Å²) < 4.78 is 5.84. The van der Waals surface area contributed by atoms with Crippen LogP contribution >= 0.6 is 0 Å².